The Kier molecular flexibility index (Phi) is 9.06. The summed E-state index contributed by atoms with van der Waals surface area (Å²) in [6.45, 7) is 7.28. The molecule has 0 heterocycles. The van der Waals surface area contributed by atoms with Crippen LogP contribution in [0.1, 0.15) is 34.1 Å². The molecular formula is C11H20O4Si2. The Hall–Kier alpha value is -0.626. The van der Waals surface area contributed by atoms with Gasteiger partial charge in [-0.3, -0.25) is 9.59 Å². The number of rotatable bonds is 8. The smallest absolute Gasteiger partial charge is 0.314 e. The van der Waals surface area contributed by atoms with Gasteiger partial charge in [-0.1, -0.05) is 34.1 Å². The molecule has 0 atom stereocenters. The lowest BCUT2D eigenvalue weighted by molar-refractivity contribution is -0.138. The second-order valence-electron chi connectivity index (χ2n) is 4.29. The molecular weight excluding hydrogens is 252 g/mol. The van der Waals surface area contributed by atoms with Crippen molar-refractivity contribution < 1.29 is 18.4 Å². The third kappa shape index (κ3) is 9.11. The molecule has 0 bridgehead atoms. The first-order valence-corrected chi connectivity index (χ1v) is 8.05. The Morgan fingerprint density at radius 3 is 1.53 bits per heavy atom. The molecule has 0 fully saturated rings. The van der Waals surface area contributed by atoms with E-state index >= 15 is 0 Å². The summed E-state index contributed by atoms with van der Waals surface area (Å²) >= 11 is 0. The lowest BCUT2D eigenvalue weighted by atomic mass is 10.2. The summed E-state index contributed by atoms with van der Waals surface area (Å²) in [5, 5.41) is 0. The van der Waals surface area contributed by atoms with E-state index in [1.54, 1.807) is 0 Å². The Morgan fingerprint density at radius 2 is 1.24 bits per heavy atom. The zero-order valence-corrected chi connectivity index (χ0v) is 12.9. The van der Waals surface area contributed by atoms with E-state index in [2.05, 4.69) is 0 Å². The summed E-state index contributed by atoms with van der Waals surface area (Å²) in [6.07, 6.45) is 0.924. The Labute approximate surface area is 108 Å². The van der Waals surface area contributed by atoms with Gasteiger partial charge >= 0.3 is 19.5 Å². The normalized spacial score (nSPS) is 10.7. The third-order valence-corrected chi connectivity index (χ3v) is 3.65. The summed E-state index contributed by atoms with van der Waals surface area (Å²) < 4.78 is 10.1. The Morgan fingerprint density at radius 1 is 0.882 bits per heavy atom. The van der Waals surface area contributed by atoms with E-state index in [1.165, 1.54) is 0 Å². The average molecular weight is 272 g/mol. The molecule has 0 amide bonds. The van der Waals surface area contributed by atoms with E-state index in [0.29, 0.717) is 0 Å². The minimum absolute atomic E-state index is 0.0589. The van der Waals surface area contributed by atoms with E-state index < -0.39 is 0 Å². The SMILES string of the molecule is CC(C)C(=O)O[Si]CCC[Si]OC(=O)C(C)C. The molecule has 0 saturated carbocycles. The highest BCUT2D eigenvalue weighted by atomic mass is 28.2. The third-order valence-electron chi connectivity index (χ3n) is 1.85. The summed E-state index contributed by atoms with van der Waals surface area (Å²) in [5.41, 5.74) is 0. The highest BCUT2D eigenvalue weighted by molar-refractivity contribution is 6.32. The summed E-state index contributed by atoms with van der Waals surface area (Å²) in [6, 6.07) is 1.70. The molecule has 0 N–H and O–H groups in total. The maximum Gasteiger partial charge on any atom is 0.314 e. The molecule has 0 aliphatic rings. The molecule has 0 aromatic carbocycles. The highest BCUT2D eigenvalue weighted by Gasteiger charge is 2.10. The molecule has 6 heteroatoms. The zero-order valence-electron chi connectivity index (χ0n) is 10.9. The first-order valence-electron chi connectivity index (χ1n) is 5.82. The summed E-state index contributed by atoms with van der Waals surface area (Å²) in [5.74, 6) is -0.401. The van der Waals surface area contributed by atoms with Crippen LogP contribution < -0.4 is 0 Å². The maximum atomic E-state index is 11.1. The van der Waals surface area contributed by atoms with Crippen LogP contribution in [0.25, 0.3) is 0 Å². The first kappa shape index (κ1) is 16.4. The Bertz CT molecular complexity index is 218. The largest absolute Gasteiger partial charge is 0.516 e. The molecule has 0 aliphatic carbocycles. The lowest BCUT2D eigenvalue weighted by Crippen LogP contribution is -2.15. The van der Waals surface area contributed by atoms with Crippen molar-refractivity contribution in [1.82, 2.24) is 0 Å². The van der Waals surface area contributed by atoms with Gasteiger partial charge < -0.3 is 8.85 Å². The van der Waals surface area contributed by atoms with Crippen LogP contribution in [0.15, 0.2) is 0 Å². The molecule has 0 aromatic rings. The lowest BCUT2D eigenvalue weighted by Gasteiger charge is -2.06. The molecule has 96 valence electrons. The summed E-state index contributed by atoms with van der Waals surface area (Å²) in [7, 11) is 0.442. The first-order chi connectivity index (χ1) is 7.95. The van der Waals surface area contributed by atoms with Gasteiger partial charge in [-0.2, -0.15) is 0 Å². The molecule has 0 aromatic heterocycles. The predicted molar refractivity (Wildman–Crippen MR) is 67.6 cm³/mol. The fourth-order valence-corrected chi connectivity index (χ4v) is 2.67. The van der Waals surface area contributed by atoms with Crippen molar-refractivity contribution in [3.63, 3.8) is 0 Å². The zero-order chi connectivity index (χ0) is 13.3. The van der Waals surface area contributed by atoms with Crippen LogP contribution in [-0.2, 0) is 18.4 Å². The standard InChI is InChI=1S/C11H20O4Si2/c1-8(2)10(12)14-16-6-5-7-17-15-11(13)9(3)4/h8-9H,5-7H2,1-4H3. The van der Waals surface area contributed by atoms with Crippen LogP contribution >= 0.6 is 0 Å². The van der Waals surface area contributed by atoms with E-state index in [9.17, 15) is 9.59 Å². The Balaban J connectivity index is 3.30. The summed E-state index contributed by atoms with van der Waals surface area (Å²) in [4.78, 5) is 22.2. The van der Waals surface area contributed by atoms with E-state index in [4.69, 9.17) is 8.85 Å². The molecule has 4 nitrogen and oxygen atoms in total. The van der Waals surface area contributed by atoms with Gasteiger partial charge in [0.05, 0.1) is 0 Å². The average Bonchev–Trinajstić information content (AvgIpc) is 2.26. The van der Waals surface area contributed by atoms with Gasteiger partial charge in [0.1, 0.15) is 0 Å². The van der Waals surface area contributed by atoms with Gasteiger partial charge in [-0.15, -0.1) is 0 Å². The number of carbonyl (C=O) groups excluding carboxylic acids is 2. The molecule has 0 spiro atoms. The van der Waals surface area contributed by atoms with E-state index in [-0.39, 0.29) is 43.3 Å². The van der Waals surface area contributed by atoms with Gasteiger partial charge in [-0.25, -0.2) is 0 Å². The molecule has 0 saturated heterocycles. The van der Waals surface area contributed by atoms with Crippen molar-refractivity contribution in [2.45, 2.75) is 46.2 Å². The quantitative estimate of drug-likeness (QED) is 0.500. The van der Waals surface area contributed by atoms with Crippen molar-refractivity contribution in [3.8, 4) is 0 Å². The highest BCUT2D eigenvalue weighted by Crippen LogP contribution is 2.01. The fraction of sp³-hybridized carbons (Fsp3) is 0.818. The van der Waals surface area contributed by atoms with Gasteiger partial charge in [0.15, 0.2) is 0 Å². The van der Waals surface area contributed by atoms with Crippen LogP contribution in [0.4, 0.5) is 0 Å². The van der Waals surface area contributed by atoms with E-state index in [0.717, 1.165) is 18.5 Å². The number of hydrogen-bond acceptors (Lipinski definition) is 4. The fourth-order valence-electron chi connectivity index (χ4n) is 0.713. The van der Waals surface area contributed by atoms with Crippen LogP contribution in [0.3, 0.4) is 0 Å². The molecule has 0 rings (SSSR count). The van der Waals surface area contributed by atoms with Crippen LogP contribution in [0.5, 0.6) is 0 Å². The van der Waals surface area contributed by atoms with Crippen molar-refractivity contribution in [2.75, 3.05) is 0 Å². The topological polar surface area (TPSA) is 52.6 Å². The minimum atomic E-state index is -0.142. The van der Waals surface area contributed by atoms with Gasteiger partial charge in [0.2, 0.25) is 0 Å². The van der Waals surface area contributed by atoms with Crippen LogP contribution in [-0.4, -0.2) is 31.5 Å². The van der Waals surface area contributed by atoms with Crippen molar-refractivity contribution in [2.24, 2.45) is 11.8 Å². The second kappa shape index (κ2) is 9.41. The van der Waals surface area contributed by atoms with Crippen molar-refractivity contribution >= 4 is 31.5 Å². The minimum Gasteiger partial charge on any atom is -0.516 e. The monoisotopic (exact) mass is 272 g/mol. The molecule has 4 radical (unpaired) electrons. The van der Waals surface area contributed by atoms with Gasteiger partial charge in [0, 0.05) is 11.8 Å². The van der Waals surface area contributed by atoms with Crippen LogP contribution in [0.2, 0.25) is 12.1 Å². The number of hydrogen-bond donors (Lipinski definition) is 0. The maximum absolute atomic E-state index is 11.1. The second-order valence-corrected chi connectivity index (χ2v) is 6.28. The van der Waals surface area contributed by atoms with Gasteiger partial charge in [0.25, 0.3) is 11.9 Å². The molecule has 17 heavy (non-hydrogen) atoms. The van der Waals surface area contributed by atoms with Crippen molar-refractivity contribution in [1.29, 1.82) is 0 Å². The van der Waals surface area contributed by atoms with Crippen molar-refractivity contribution in [3.05, 3.63) is 0 Å². The predicted octanol–water partition coefficient (Wildman–Crippen LogP) is 1.85. The van der Waals surface area contributed by atoms with Crippen LogP contribution in [0, 0.1) is 11.8 Å². The molecule has 0 aliphatic heterocycles. The van der Waals surface area contributed by atoms with Gasteiger partial charge in [-0.05, 0) is 12.1 Å². The number of carbonyl (C=O) groups is 2. The van der Waals surface area contributed by atoms with E-state index in [1.807, 2.05) is 27.7 Å². The molecule has 0 unspecified atom stereocenters.